The third kappa shape index (κ3) is 3.29. The number of aryl methyl sites for hydroxylation is 1. The smallest absolute Gasteiger partial charge is 0.255 e. The summed E-state index contributed by atoms with van der Waals surface area (Å²) in [5.74, 6) is -0.00145. The largest absolute Gasteiger partial charge is 0.375 e. The van der Waals surface area contributed by atoms with Crippen LogP contribution in [0.3, 0.4) is 0 Å². The highest BCUT2D eigenvalue weighted by Crippen LogP contribution is 2.41. The maximum absolute atomic E-state index is 13.4. The van der Waals surface area contributed by atoms with Crippen molar-refractivity contribution in [1.82, 2.24) is 14.8 Å². The second-order valence-corrected chi connectivity index (χ2v) is 6.93. The van der Waals surface area contributed by atoms with Crippen molar-refractivity contribution in [3.8, 4) is 0 Å². The van der Waals surface area contributed by atoms with E-state index in [1.807, 2.05) is 31.2 Å². The Labute approximate surface area is 162 Å². The van der Waals surface area contributed by atoms with Crippen LogP contribution < -0.4 is 4.90 Å². The van der Waals surface area contributed by atoms with Crippen LogP contribution in [-0.4, -0.2) is 34.4 Å². The van der Waals surface area contributed by atoms with Crippen LogP contribution in [-0.2, 0) is 9.53 Å². The minimum Gasteiger partial charge on any atom is -0.375 e. The SMILES string of the molecule is COCC(=O)N1c2ncnn2[C@@H](c2ccc(F)cc2)C[C@H]1c1ccc(C)cc1. The first kappa shape index (κ1) is 18.3. The number of halogens is 1. The van der Waals surface area contributed by atoms with E-state index in [1.165, 1.54) is 25.6 Å². The Morgan fingerprint density at radius 1 is 1.11 bits per heavy atom. The third-order valence-electron chi connectivity index (χ3n) is 5.08. The normalized spacial score (nSPS) is 18.8. The van der Waals surface area contributed by atoms with Crippen molar-refractivity contribution in [1.29, 1.82) is 0 Å². The molecular formula is C21H21FN4O2. The summed E-state index contributed by atoms with van der Waals surface area (Å²) in [6.45, 7) is 1.98. The van der Waals surface area contributed by atoms with Crippen LogP contribution in [0.1, 0.15) is 35.2 Å². The van der Waals surface area contributed by atoms with Gasteiger partial charge >= 0.3 is 0 Å². The van der Waals surface area contributed by atoms with E-state index < -0.39 is 0 Å². The number of nitrogens with zero attached hydrogens (tertiary/aromatic N) is 4. The summed E-state index contributed by atoms with van der Waals surface area (Å²) in [6, 6.07) is 14.1. The molecule has 0 unspecified atom stereocenters. The van der Waals surface area contributed by atoms with Gasteiger partial charge in [0.25, 0.3) is 5.91 Å². The van der Waals surface area contributed by atoms with Crippen LogP contribution in [0.25, 0.3) is 0 Å². The number of methoxy groups -OCH3 is 1. The fourth-order valence-corrected chi connectivity index (χ4v) is 3.71. The maximum Gasteiger partial charge on any atom is 0.255 e. The van der Waals surface area contributed by atoms with E-state index in [9.17, 15) is 9.18 Å². The molecule has 0 saturated heterocycles. The molecule has 0 radical (unpaired) electrons. The molecule has 28 heavy (non-hydrogen) atoms. The van der Waals surface area contributed by atoms with E-state index in [1.54, 1.807) is 21.7 Å². The lowest BCUT2D eigenvalue weighted by molar-refractivity contribution is -0.123. The fraction of sp³-hybridized carbons (Fsp3) is 0.286. The average molecular weight is 380 g/mol. The first-order valence-electron chi connectivity index (χ1n) is 9.11. The van der Waals surface area contributed by atoms with Crippen molar-refractivity contribution in [2.24, 2.45) is 0 Å². The lowest BCUT2D eigenvalue weighted by Crippen LogP contribution is -2.44. The molecule has 0 bridgehead atoms. The summed E-state index contributed by atoms with van der Waals surface area (Å²) in [4.78, 5) is 18.9. The predicted molar refractivity (Wildman–Crippen MR) is 102 cm³/mol. The van der Waals surface area contributed by atoms with Gasteiger partial charge in [0.05, 0.1) is 12.1 Å². The Hall–Kier alpha value is -3.06. The molecule has 4 rings (SSSR count). The van der Waals surface area contributed by atoms with Crippen LogP contribution >= 0.6 is 0 Å². The molecule has 144 valence electrons. The van der Waals surface area contributed by atoms with Crippen molar-refractivity contribution in [2.75, 3.05) is 18.6 Å². The van der Waals surface area contributed by atoms with Crippen molar-refractivity contribution in [2.45, 2.75) is 25.4 Å². The van der Waals surface area contributed by atoms with Crippen LogP contribution in [0.4, 0.5) is 10.3 Å². The minimum absolute atomic E-state index is 0.0452. The fourth-order valence-electron chi connectivity index (χ4n) is 3.71. The average Bonchev–Trinajstić information content (AvgIpc) is 3.18. The molecule has 1 aromatic heterocycles. The number of hydrogen-bond acceptors (Lipinski definition) is 4. The van der Waals surface area contributed by atoms with Gasteiger partial charge in [0.1, 0.15) is 18.8 Å². The molecule has 0 fully saturated rings. The molecule has 0 spiro atoms. The number of rotatable bonds is 4. The number of benzene rings is 2. The van der Waals surface area contributed by atoms with Gasteiger partial charge in [-0.15, -0.1) is 0 Å². The molecule has 6 nitrogen and oxygen atoms in total. The molecule has 0 saturated carbocycles. The molecule has 7 heteroatoms. The van der Waals surface area contributed by atoms with Gasteiger partial charge in [-0.1, -0.05) is 42.0 Å². The van der Waals surface area contributed by atoms with Gasteiger partial charge in [-0.05, 0) is 36.6 Å². The predicted octanol–water partition coefficient (Wildman–Crippen LogP) is 3.44. The number of carbonyl (C=O) groups is 1. The number of aromatic nitrogens is 3. The maximum atomic E-state index is 13.4. The Bertz CT molecular complexity index is 969. The second kappa shape index (κ2) is 7.52. The monoisotopic (exact) mass is 380 g/mol. The zero-order valence-electron chi connectivity index (χ0n) is 15.7. The first-order valence-corrected chi connectivity index (χ1v) is 9.11. The van der Waals surface area contributed by atoms with Gasteiger partial charge in [-0.2, -0.15) is 10.1 Å². The van der Waals surface area contributed by atoms with E-state index in [2.05, 4.69) is 10.1 Å². The highest BCUT2D eigenvalue weighted by Gasteiger charge is 2.39. The van der Waals surface area contributed by atoms with Gasteiger partial charge in [0.15, 0.2) is 0 Å². The molecule has 0 aliphatic carbocycles. The van der Waals surface area contributed by atoms with E-state index in [0.717, 1.165) is 16.7 Å². The molecule has 1 aliphatic heterocycles. The molecule has 3 aromatic rings. The summed E-state index contributed by atoms with van der Waals surface area (Å²) in [6.07, 6.45) is 2.04. The summed E-state index contributed by atoms with van der Waals surface area (Å²) in [7, 11) is 1.49. The summed E-state index contributed by atoms with van der Waals surface area (Å²) in [5, 5.41) is 4.35. The molecule has 2 heterocycles. The standard InChI is InChI=1S/C21H21FN4O2/c1-14-3-5-15(6-4-14)18-11-19(16-7-9-17(22)10-8-16)26-21(23-13-24-26)25(18)20(27)12-28-2/h3-10,13,18-19H,11-12H2,1-2H3/t18-,19+/m0/s1. The van der Waals surface area contributed by atoms with Gasteiger partial charge < -0.3 is 4.74 Å². The lowest BCUT2D eigenvalue weighted by atomic mass is 9.91. The number of fused-ring (bicyclic) bond motifs is 1. The van der Waals surface area contributed by atoms with E-state index in [-0.39, 0.29) is 30.4 Å². The van der Waals surface area contributed by atoms with Crippen LogP contribution in [0, 0.1) is 12.7 Å². The lowest BCUT2D eigenvalue weighted by Gasteiger charge is -2.39. The van der Waals surface area contributed by atoms with Gasteiger partial charge in [0, 0.05) is 7.11 Å². The molecule has 0 N–H and O–H groups in total. The van der Waals surface area contributed by atoms with E-state index in [4.69, 9.17) is 4.74 Å². The van der Waals surface area contributed by atoms with Gasteiger partial charge in [-0.3, -0.25) is 9.69 Å². The third-order valence-corrected chi connectivity index (χ3v) is 5.08. The number of ether oxygens (including phenoxy) is 1. The second-order valence-electron chi connectivity index (χ2n) is 6.93. The summed E-state index contributed by atoms with van der Waals surface area (Å²) < 4.78 is 20.2. The Balaban J connectivity index is 1.81. The van der Waals surface area contributed by atoms with Gasteiger partial charge in [0.2, 0.25) is 5.95 Å². The topological polar surface area (TPSA) is 60.2 Å². The Morgan fingerprint density at radius 2 is 1.75 bits per heavy atom. The molecule has 1 aliphatic rings. The zero-order chi connectivity index (χ0) is 19.7. The summed E-state index contributed by atoms with van der Waals surface area (Å²) >= 11 is 0. The van der Waals surface area contributed by atoms with E-state index in [0.29, 0.717) is 12.4 Å². The summed E-state index contributed by atoms with van der Waals surface area (Å²) in [5.41, 5.74) is 3.08. The van der Waals surface area contributed by atoms with Crippen LogP contribution in [0.5, 0.6) is 0 Å². The molecule has 1 amide bonds. The molecule has 2 aromatic carbocycles. The molecular weight excluding hydrogens is 359 g/mol. The minimum atomic E-state index is -0.287. The van der Waals surface area contributed by atoms with Crippen LogP contribution in [0.2, 0.25) is 0 Å². The number of hydrogen-bond donors (Lipinski definition) is 0. The van der Waals surface area contributed by atoms with Crippen molar-refractivity contribution in [3.05, 3.63) is 77.4 Å². The first-order chi connectivity index (χ1) is 13.6. The number of amides is 1. The highest BCUT2D eigenvalue weighted by atomic mass is 19.1. The van der Waals surface area contributed by atoms with Crippen molar-refractivity contribution in [3.63, 3.8) is 0 Å². The van der Waals surface area contributed by atoms with Crippen molar-refractivity contribution < 1.29 is 13.9 Å². The quantitative estimate of drug-likeness (QED) is 0.696. The highest BCUT2D eigenvalue weighted by molar-refractivity contribution is 5.93. The van der Waals surface area contributed by atoms with Gasteiger partial charge in [-0.25, -0.2) is 9.07 Å². The Kier molecular flexibility index (Phi) is 4.92. The Morgan fingerprint density at radius 3 is 2.43 bits per heavy atom. The zero-order valence-corrected chi connectivity index (χ0v) is 15.7. The van der Waals surface area contributed by atoms with Crippen molar-refractivity contribution >= 4 is 11.9 Å². The van der Waals surface area contributed by atoms with Crippen LogP contribution in [0.15, 0.2) is 54.9 Å². The number of carbonyl (C=O) groups excluding carboxylic acids is 1. The van der Waals surface area contributed by atoms with E-state index >= 15 is 0 Å². The molecule has 2 atom stereocenters. The number of anilines is 1.